The minimum absolute atomic E-state index is 0.0476. The zero-order valence-electron chi connectivity index (χ0n) is 16.4. The first kappa shape index (κ1) is 17.2. The number of benzene rings is 5. The molecular weight excluding hydrogens is 368 g/mol. The van der Waals surface area contributed by atoms with Crippen LogP contribution in [0.1, 0.15) is 40.2 Å². The van der Waals surface area contributed by atoms with Gasteiger partial charge in [-0.25, -0.2) is 0 Å². The van der Waals surface area contributed by atoms with E-state index in [9.17, 15) is 9.90 Å². The van der Waals surface area contributed by atoms with Crippen molar-refractivity contribution in [3.63, 3.8) is 0 Å². The Labute approximate surface area is 174 Å². The SMILES string of the molecule is [O]c1cccc2ccc(C3CCC(=O)c4c3ccc3c4ccc4ccccc43)cc12. The monoisotopic (exact) mass is 387 g/mol. The van der Waals surface area contributed by atoms with Crippen LogP contribution in [0.15, 0.2) is 84.9 Å². The summed E-state index contributed by atoms with van der Waals surface area (Å²) in [4.78, 5) is 13.0. The van der Waals surface area contributed by atoms with Crippen LogP contribution >= 0.6 is 0 Å². The average molecular weight is 387 g/mol. The van der Waals surface area contributed by atoms with Crippen LogP contribution in [0.25, 0.3) is 32.3 Å². The fourth-order valence-electron chi connectivity index (χ4n) is 5.09. The summed E-state index contributed by atoms with van der Waals surface area (Å²) in [5.41, 5.74) is 3.04. The molecule has 0 aromatic heterocycles. The number of hydrogen-bond acceptors (Lipinski definition) is 1. The highest BCUT2D eigenvalue weighted by Crippen LogP contribution is 2.42. The van der Waals surface area contributed by atoms with Gasteiger partial charge in [-0.3, -0.25) is 9.90 Å². The van der Waals surface area contributed by atoms with Gasteiger partial charge in [0, 0.05) is 23.3 Å². The molecule has 0 amide bonds. The zero-order valence-corrected chi connectivity index (χ0v) is 16.4. The Balaban J connectivity index is 1.59. The van der Waals surface area contributed by atoms with Gasteiger partial charge < -0.3 is 0 Å². The second-order valence-corrected chi connectivity index (χ2v) is 8.16. The third-order valence-corrected chi connectivity index (χ3v) is 6.54. The lowest BCUT2D eigenvalue weighted by Gasteiger charge is -2.27. The summed E-state index contributed by atoms with van der Waals surface area (Å²) in [6.45, 7) is 0. The van der Waals surface area contributed by atoms with E-state index in [-0.39, 0.29) is 17.5 Å². The van der Waals surface area contributed by atoms with Gasteiger partial charge in [0.15, 0.2) is 11.5 Å². The predicted octanol–water partition coefficient (Wildman–Crippen LogP) is 7.40. The highest BCUT2D eigenvalue weighted by molar-refractivity contribution is 6.17. The van der Waals surface area contributed by atoms with E-state index in [4.69, 9.17) is 0 Å². The number of Topliss-reactive ketones (excluding diaryl/α,β-unsaturated/α-hetero) is 1. The fourth-order valence-corrected chi connectivity index (χ4v) is 5.09. The Morgan fingerprint density at radius 3 is 2.37 bits per heavy atom. The summed E-state index contributed by atoms with van der Waals surface area (Å²) < 4.78 is 0. The lowest BCUT2D eigenvalue weighted by atomic mass is 9.76. The normalized spacial score (nSPS) is 16.3. The molecule has 5 aromatic rings. The molecule has 2 nitrogen and oxygen atoms in total. The lowest BCUT2D eigenvalue weighted by Crippen LogP contribution is -2.17. The summed E-state index contributed by atoms with van der Waals surface area (Å²) >= 11 is 0. The van der Waals surface area contributed by atoms with Gasteiger partial charge in [-0.1, -0.05) is 72.8 Å². The number of carbonyl (C=O) groups is 1. The van der Waals surface area contributed by atoms with E-state index in [1.54, 1.807) is 12.1 Å². The molecule has 2 heteroatoms. The molecule has 1 aliphatic carbocycles. The molecule has 5 aromatic carbocycles. The van der Waals surface area contributed by atoms with Crippen molar-refractivity contribution in [3.8, 4) is 5.75 Å². The lowest BCUT2D eigenvalue weighted by molar-refractivity contribution is 0.0971. The number of carbonyl (C=O) groups excluding carboxylic acids is 1. The number of hydrogen-bond donors (Lipinski definition) is 0. The maximum absolute atomic E-state index is 13.0. The van der Waals surface area contributed by atoms with Gasteiger partial charge in [-0.05, 0) is 56.6 Å². The van der Waals surface area contributed by atoms with E-state index in [1.807, 2.05) is 30.3 Å². The standard InChI is InChI=1S/C28H19O2/c29-26-7-3-5-18-8-9-19(16-25(18)26)21-14-15-27(30)28-23(21)13-12-22-20-6-2-1-4-17(20)10-11-24(22)28/h1-13,16,21H,14-15H2. The molecule has 0 saturated carbocycles. The van der Waals surface area contributed by atoms with Gasteiger partial charge in [0.25, 0.3) is 0 Å². The molecule has 1 aliphatic rings. The Morgan fingerprint density at radius 2 is 1.43 bits per heavy atom. The Bertz CT molecular complexity index is 1480. The highest BCUT2D eigenvalue weighted by atomic mass is 16.3. The van der Waals surface area contributed by atoms with Gasteiger partial charge in [-0.15, -0.1) is 0 Å². The van der Waals surface area contributed by atoms with Gasteiger partial charge in [0.05, 0.1) is 0 Å². The molecule has 0 aliphatic heterocycles. The maximum Gasteiger partial charge on any atom is 0.186 e. The maximum atomic E-state index is 13.0. The smallest absolute Gasteiger partial charge is 0.186 e. The Hall–Kier alpha value is -3.65. The largest absolute Gasteiger partial charge is 0.294 e. The van der Waals surface area contributed by atoms with Crippen LogP contribution in [-0.4, -0.2) is 5.78 Å². The molecule has 0 saturated heterocycles. The first-order chi connectivity index (χ1) is 14.7. The van der Waals surface area contributed by atoms with E-state index >= 15 is 0 Å². The molecule has 0 fully saturated rings. The van der Waals surface area contributed by atoms with E-state index in [1.165, 1.54) is 10.8 Å². The molecular formula is C28H19O2. The van der Waals surface area contributed by atoms with Crippen LogP contribution in [0.3, 0.4) is 0 Å². The van der Waals surface area contributed by atoms with E-state index < -0.39 is 0 Å². The van der Waals surface area contributed by atoms with E-state index in [0.717, 1.165) is 44.7 Å². The first-order valence-corrected chi connectivity index (χ1v) is 10.4. The molecule has 0 heterocycles. The number of rotatable bonds is 1. The summed E-state index contributed by atoms with van der Waals surface area (Å²) in [5.74, 6) is 0.386. The van der Waals surface area contributed by atoms with Crippen LogP contribution in [0.5, 0.6) is 5.75 Å². The van der Waals surface area contributed by atoms with Crippen LogP contribution in [0.4, 0.5) is 0 Å². The van der Waals surface area contributed by atoms with Crippen LogP contribution in [-0.2, 0) is 5.11 Å². The molecule has 1 radical (unpaired) electrons. The topological polar surface area (TPSA) is 37.0 Å². The molecule has 1 atom stereocenters. The Kier molecular flexibility index (Phi) is 3.69. The summed E-state index contributed by atoms with van der Waals surface area (Å²) in [6, 6.07) is 28.3. The molecule has 0 N–H and O–H groups in total. The van der Waals surface area contributed by atoms with Crippen molar-refractivity contribution in [1.29, 1.82) is 0 Å². The van der Waals surface area contributed by atoms with Crippen molar-refractivity contribution in [2.24, 2.45) is 0 Å². The van der Waals surface area contributed by atoms with E-state index in [0.29, 0.717) is 6.42 Å². The fraction of sp³-hybridized carbons (Fsp3) is 0.107. The quantitative estimate of drug-likeness (QED) is 0.276. The van der Waals surface area contributed by atoms with Crippen molar-refractivity contribution in [2.45, 2.75) is 18.8 Å². The highest BCUT2D eigenvalue weighted by Gasteiger charge is 2.29. The van der Waals surface area contributed by atoms with Crippen LogP contribution in [0.2, 0.25) is 0 Å². The first-order valence-electron chi connectivity index (χ1n) is 10.4. The van der Waals surface area contributed by atoms with Crippen molar-refractivity contribution in [2.75, 3.05) is 0 Å². The second-order valence-electron chi connectivity index (χ2n) is 8.16. The van der Waals surface area contributed by atoms with E-state index in [2.05, 4.69) is 42.5 Å². The van der Waals surface area contributed by atoms with Gasteiger partial charge in [0.2, 0.25) is 0 Å². The molecule has 0 bridgehead atoms. The van der Waals surface area contributed by atoms with Gasteiger partial charge in [0.1, 0.15) is 0 Å². The van der Waals surface area contributed by atoms with Crippen molar-refractivity contribution in [1.82, 2.24) is 0 Å². The summed E-state index contributed by atoms with van der Waals surface area (Å²) in [7, 11) is 0. The zero-order chi connectivity index (χ0) is 20.2. The summed E-state index contributed by atoms with van der Waals surface area (Å²) in [6.07, 6.45) is 1.30. The Morgan fingerprint density at radius 1 is 0.667 bits per heavy atom. The second kappa shape index (κ2) is 6.43. The van der Waals surface area contributed by atoms with Crippen molar-refractivity contribution in [3.05, 3.63) is 102 Å². The van der Waals surface area contributed by atoms with Gasteiger partial charge in [-0.2, -0.15) is 0 Å². The molecule has 1 unspecified atom stereocenters. The molecule has 30 heavy (non-hydrogen) atoms. The van der Waals surface area contributed by atoms with Crippen LogP contribution in [0, 0.1) is 0 Å². The molecule has 6 rings (SSSR count). The number of ketones is 1. The van der Waals surface area contributed by atoms with Crippen LogP contribution < -0.4 is 0 Å². The van der Waals surface area contributed by atoms with Crippen molar-refractivity contribution < 1.29 is 9.90 Å². The molecule has 143 valence electrons. The minimum Gasteiger partial charge on any atom is -0.294 e. The molecule has 0 spiro atoms. The third kappa shape index (κ3) is 2.47. The predicted molar refractivity (Wildman–Crippen MR) is 121 cm³/mol. The number of fused-ring (bicyclic) bond motifs is 6. The summed E-state index contributed by atoms with van der Waals surface area (Å²) in [5, 5.41) is 18.6. The van der Waals surface area contributed by atoms with Gasteiger partial charge >= 0.3 is 0 Å². The average Bonchev–Trinajstić information content (AvgIpc) is 2.79. The third-order valence-electron chi connectivity index (χ3n) is 6.54. The van der Waals surface area contributed by atoms with Crippen molar-refractivity contribution >= 4 is 38.1 Å². The minimum atomic E-state index is 0.0476.